The van der Waals surface area contributed by atoms with Crippen LogP contribution in [-0.4, -0.2) is 22.9 Å². The molecule has 2 rings (SSSR count). The molecule has 1 aliphatic carbocycles. The third-order valence-corrected chi connectivity index (χ3v) is 4.72. The Hall–Kier alpha value is -1.76. The highest BCUT2D eigenvalue weighted by atomic mass is 16.1. The lowest BCUT2D eigenvalue weighted by Gasteiger charge is -2.33. The predicted octanol–water partition coefficient (Wildman–Crippen LogP) is 3.48. The maximum Gasteiger partial charge on any atom is 0.224 e. The normalized spacial score (nSPS) is 19.5. The molecule has 22 heavy (non-hydrogen) atoms. The molecular weight excluding hydrogens is 274 g/mol. The van der Waals surface area contributed by atoms with Gasteiger partial charge < -0.3 is 10.2 Å². The summed E-state index contributed by atoms with van der Waals surface area (Å²) >= 11 is 0. The van der Waals surface area contributed by atoms with E-state index in [4.69, 9.17) is 5.26 Å². The Bertz CT molecular complexity index is 493. The van der Waals surface area contributed by atoms with Gasteiger partial charge in [0.05, 0.1) is 6.07 Å². The molecular formula is C18H27N3O. The molecule has 0 atom stereocenters. The smallest absolute Gasteiger partial charge is 0.224 e. The quantitative estimate of drug-likeness (QED) is 0.846. The Kier molecular flexibility index (Phi) is 5.65. The van der Waals surface area contributed by atoms with Gasteiger partial charge in [0.25, 0.3) is 0 Å². The molecule has 0 aromatic rings. The Balaban J connectivity index is 1.74. The number of nitriles is 1. The van der Waals surface area contributed by atoms with Crippen LogP contribution in [0.4, 0.5) is 0 Å². The fourth-order valence-corrected chi connectivity index (χ4v) is 3.10. The highest BCUT2D eigenvalue weighted by molar-refractivity contribution is 5.78. The van der Waals surface area contributed by atoms with Crippen LogP contribution in [0.2, 0.25) is 0 Å². The first kappa shape index (κ1) is 16.6. The second-order valence-corrected chi connectivity index (χ2v) is 6.89. The highest BCUT2D eigenvalue weighted by Gasteiger charge is 2.24. The summed E-state index contributed by atoms with van der Waals surface area (Å²) in [5.74, 6) is 0.844. The van der Waals surface area contributed by atoms with Crippen molar-refractivity contribution in [2.24, 2.45) is 5.92 Å². The van der Waals surface area contributed by atoms with Gasteiger partial charge in [-0.25, -0.2) is 0 Å². The Morgan fingerprint density at radius 3 is 2.73 bits per heavy atom. The topological polar surface area (TPSA) is 56.1 Å². The predicted molar refractivity (Wildman–Crippen MR) is 87.6 cm³/mol. The van der Waals surface area contributed by atoms with E-state index < -0.39 is 5.54 Å². The number of nitrogens with one attached hydrogen (secondary N) is 1. The summed E-state index contributed by atoms with van der Waals surface area (Å²) in [5.41, 5.74) is 0.322. The lowest BCUT2D eigenvalue weighted by molar-refractivity contribution is -0.120. The number of amides is 1. The molecule has 0 aromatic carbocycles. The van der Waals surface area contributed by atoms with Gasteiger partial charge in [0.1, 0.15) is 5.54 Å². The fourth-order valence-electron chi connectivity index (χ4n) is 3.10. The molecule has 0 bridgehead atoms. The van der Waals surface area contributed by atoms with Gasteiger partial charge in [0.15, 0.2) is 0 Å². The largest absolute Gasteiger partial charge is 0.356 e. The zero-order valence-electron chi connectivity index (χ0n) is 13.8. The molecule has 4 nitrogen and oxygen atoms in total. The second kappa shape index (κ2) is 7.49. The summed E-state index contributed by atoms with van der Waals surface area (Å²) in [6.07, 6.45) is 13.9. The van der Waals surface area contributed by atoms with Crippen molar-refractivity contribution in [1.29, 1.82) is 5.26 Å². The molecule has 0 spiro atoms. The maximum atomic E-state index is 12.0. The van der Waals surface area contributed by atoms with Crippen molar-refractivity contribution >= 4 is 5.91 Å². The lowest BCUT2D eigenvalue weighted by Crippen LogP contribution is -2.40. The average molecular weight is 301 g/mol. The third-order valence-electron chi connectivity index (χ3n) is 4.72. The van der Waals surface area contributed by atoms with E-state index in [1.165, 1.54) is 32.1 Å². The third kappa shape index (κ3) is 4.62. The van der Waals surface area contributed by atoms with E-state index in [-0.39, 0.29) is 5.91 Å². The van der Waals surface area contributed by atoms with Gasteiger partial charge >= 0.3 is 0 Å². The molecule has 1 heterocycles. The first-order valence-corrected chi connectivity index (χ1v) is 8.37. The van der Waals surface area contributed by atoms with E-state index in [9.17, 15) is 4.79 Å². The Labute approximate surface area is 133 Å². The average Bonchev–Trinajstić information content (AvgIpc) is 2.54. The highest BCUT2D eigenvalue weighted by Crippen LogP contribution is 2.27. The fraction of sp³-hybridized carbons (Fsp3) is 0.667. The minimum Gasteiger partial charge on any atom is -0.356 e. The SMILES string of the molecule is CC(C)(C#N)N1C=CC(NC(=O)CCC2CCCCC2)=CC1. The second-order valence-electron chi connectivity index (χ2n) is 6.89. The molecule has 0 radical (unpaired) electrons. The van der Waals surface area contributed by atoms with Crippen LogP contribution in [0, 0.1) is 17.2 Å². The molecule has 1 saturated carbocycles. The van der Waals surface area contributed by atoms with Crippen LogP contribution in [0.1, 0.15) is 58.8 Å². The van der Waals surface area contributed by atoms with Crippen molar-refractivity contribution in [3.05, 3.63) is 24.0 Å². The van der Waals surface area contributed by atoms with Gasteiger partial charge in [-0.3, -0.25) is 4.79 Å². The zero-order chi connectivity index (χ0) is 16.0. The van der Waals surface area contributed by atoms with Gasteiger partial charge in [0.2, 0.25) is 5.91 Å². The van der Waals surface area contributed by atoms with Crippen molar-refractivity contribution < 1.29 is 4.79 Å². The van der Waals surface area contributed by atoms with E-state index in [1.807, 2.05) is 37.1 Å². The van der Waals surface area contributed by atoms with Gasteiger partial charge in [-0.05, 0) is 38.3 Å². The molecule has 0 aromatic heterocycles. The minimum absolute atomic E-state index is 0.106. The molecule has 0 unspecified atom stereocenters. The summed E-state index contributed by atoms with van der Waals surface area (Å²) in [6, 6.07) is 2.28. The molecule has 0 saturated heterocycles. The van der Waals surface area contributed by atoms with Crippen LogP contribution < -0.4 is 5.32 Å². The summed E-state index contributed by atoms with van der Waals surface area (Å²) in [7, 11) is 0. The maximum absolute atomic E-state index is 12.0. The number of rotatable bonds is 5. The summed E-state index contributed by atoms with van der Waals surface area (Å²) < 4.78 is 0. The van der Waals surface area contributed by atoms with Crippen LogP contribution in [0.3, 0.4) is 0 Å². The van der Waals surface area contributed by atoms with Crippen molar-refractivity contribution in [2.75, 3.05) is 6.54 Å². The summed E-state index contributed by atoms with van der Waals surface area (Å²) in [4.78, 5) is 14.0. The van der Waals surface area contributed by atoms with Crippen molar-refractivity contribution in [3.8, 4) is 6.07 Å². The van der Waals surface area contributed by atoms with Gasteiger partial charge in [0, 0.05) is 24.9 Å². The van der Waals surface area contributed by atoms with Crippen LogP contribution in [0.5, 0.6) is 0 Å². The molecule has 4 heteroatoms. The Morgan fingerprint density at radius 1 is 1.41 bits per heavy atom. The van der Waals surface area contributed by atoms with Crippen LogP contribution in [-0.2, 0) is 4.79 Å². The zero-order valence-corrected chi connectivity index (χ0v) is 13.8. The van der Waals surface area contributed by atoms with Gasteiger partial charge in [-0.2, -0.15) is 5.26 Å². The number of hydrogen-bond donors (Lipinski definition) is 1. The van der Waals surface area contributed by atoms with Crippen LogP contribution in [0.15, 0.2) is 24.0 Å². The monoisotopic (exact) mass is 301 g/mol. The molecule has 2 aliphatic rings. The molecule has 1 fully saturated rings. The van der Waals surface area contributed by atoms with Crippen molar-refractivity contribution in [2.45, 2.75) is 64.3 Å². The number of allylic oxidation sites excluding steroid dienone is 1. The van der Waals surface area contributed by atoms with E-state index in [2.05, 4.69) is 11.4 Å². The van der Waals surface area contributed by atoms with E-state index in [0.717, 1.165) is 18.0 Å². The standard InChI is InChI=1S/C18H27N3O/c1-18(2,14-19)21-12-10-16(11-13-21)20-17(22)9-8-15-6-4-3-5-7-15/h10-12,15H,3-9,13H2,1-2H3,(H,20,22). The van der Waals surface area contributed by atoms with Crippen molar-refractivity contribution in [3.63, 3.8) is 0 Å². The molecule has 1 amide bonds. The molecule has 1 N–H and O–H groups in total. The number of nitrogens with zero attached hydrogens (tertiary/aromatic N) is 2. The first-order valence-electron chi connectivity index (χ1n) is 8.37. The van der Waals surface area contributed by atoms with Gasteiger partial charge in [-0.1, -0.05) is 32.1 Å². The lowest BCUT2D eigenvalue weighted by atomic mass is 9.86. The molecule has 1 aliphatic heterocycles. The number of hydrogen-bond acceptors (Lipinski definition) is 3. The van der Waals surface area contributed by atoms with E-state index in [1.54, 1.807) is 0 Å². The summed E-state index contributed by atoms with van der Waals surface area (Å²) in [6.45, 7) is 4.42. The Morgan fingerprint density at radius 2 is 2.14 bits per heavy atom. The van der Waals surface area contributed by atoms with Crippen LogP contribution >= 0.6 is 0 Å². The van der Waals surface area contributed by atoms with E-state index >= 15 is 0 Å². The van der Waals surface area contributed by atoms with Crippen molar-refractivity contribution in [1.82, 2.24) is 10.2 Å². The number of carbonyl (C=O) groups excluding carboxylic acids is 1. The van der Waals surface area contributed by atoms with Gasteiger partial charge in [-0.15, -0.1) is 0 Å². The van der Waals surface area contributed by atoms with Crippen LogP contribution in [0.25, 0.3) is 0 Å². The number of carbonyl (C=O) groups is 1. The van der Waals surface area contributed by atoms with E-state index in [0.29, 0.717) is 13.0 Å². The molecule has 120 valence electrons. The first-order chi connectivity index (χ1) is 10.5. The minimum atomic E-state index is -0.524. The summed E-state index contributed by atoms with van der Waals surface area (Å²) in [5, 5.41) is 12.1.